The van der Waals surface area contributed by atoms with Gasteiger partial charge in [0.25, 0.3) is 0 Å². The average molecular weight is 284 g/mol. The van der Waals surface area contributed by atoms with Gasteiger partial charge in [-0.05, 0) is 30.5 Å². The summed E-state index contributed by atoms with van der Waals surface area (Å²) in [5.74, 6) is 0. The molecule has 0 saturated heterocycles. The number of benzene rings is 2. The standard InChI is InChI=1S/C17H20N2O2/c1-11-9-12(2)16(19-17(20)21-3)14(10-11)15(18)13-7-5-4-6-8-13/h4-10,15H,18H2,1-3H3,(H,19,20). The molecule has 0 bridgehead atoms. The summed E-state index contributed by atoms with van der Waals surface area (Å²) < 4.78 is 4.69. The molecule has 0 heterocycles. The Morgan fingerprint density at radius 3 is 2.48 bits per heavy atom. The van der Waals surface area contributed by atoms with E-state index in [1.54, 1.807) is 0 Å². The molecule has 0 fully saturated rings. The number of hydrogen-bond acceptors (Lipinski definition) is 3. The predicted molar refractivity (Wildman–Crippen MR) is 84.4 cm³/mol. The number of rotatable bonds is 3. The molecule has 0 aliphatic heterocycles. The van der Waals surface area contributed by atoms with E-state index in [4.69, 9.17) is 5.73 Å². The van der Waals surface area contributed by atoms with Crippen LogP contribution in [-0.2, 0) is 4.74 Å². The minimum atomic E-state index is -0.497. The second kappa shape index (κ2) is 6.41. The third-order valence-corrected chi connectivity index (χ3v) is 3.42. The van der Waals surface area contributed by atoms with Crippen molar-refractivity contribution in [3.63, 3.8) is 0 Å². The molecule has 0 spiro atoms. The summed E-state index contributed by atoms with van der Waals surface area (Å²) in [6, 6.07) is 13.5. The van der Waals surface area contributed by atoms with Gasteiger partial charge in [-0.15, -0.1) is 0 Å². The summed E-state index contributed by atoms with van der Waals surface area (Å²) >= 11 is 0. The van der Waals surface area contributed by atoms with E-state index >= 15 is 0 Å². The molecule has 3 N–H and O–H groups in total. The van der Waals surface area contributed by atoms with Gasteiger partial charge < -0.3 is 10.5 Å². The van der Waals surface area contributed by atoms with Crippen molar-refractivity contribution in [2.45, 2.75) is 19.9 Å². The zero-order valence-corrected chi connectivity index (χ0v) is 12.5. The number of aryl methyl sites for hydroxylation is 2. The molecule has 0 aromatic heterocycles. The topological polar surface area (TPSA) is 64.3 Å². The van der Waals surface area contributed by atoms with E-state index in [0.29, 0.717) is 5.69 Å². The van der Waals surface area contributed by atoms with Crippen molar-refractivity contribution in [1.82, 2.24) is 0 Å². The monoisotopic (exact) mass is 284 g/mol. The lowest BCUT2D eigenvalue weighted by Crippen LogP contribution is -2.19. The van der Waals surface area contributed by atoms with Crippen molar-refractivity contribution in [1.29, 1.82) is 0 Å². The molecule has 21 heavy (non-hydrogen) atoms. The number of nitrogens with one attached hydrogen (secondary N) is 1. The largest absolute Gasteiger partial charge is 0.453 e. The Balaban J connectivity index is 2.48. The average Bonchev–Trinajstić information content (AvgIpc) is 2.49. The lowest BCUT2D eigenvalue weighted by atomic mass is 9.94. The molecule has 1 amide bonds. The molecule has 4 heteroatoms. The highest BCUT2D eigenvalue weighted by atomic mass is 16.5. The van der Waals surface area contributed by atoms with Gasteiger partial charge in [-0.3, -0.25) is 5.32 Å². The van der Waals surface area contributed by atoms with Crippen molar-refractivity contribution in [2.75, 3.05) is 12.4 Å². The predicted octanol–water partition coefficient (Wildman–Crippen LogP) is 3.53. The molecule has 0 aliphatic carbocycles. The molecule has 0 aliphatic rings. The first-order valence-corrected chi connectivity index (χ1v) is 6.79. The second-order valence-corrected chi connectivity index (χ2v) is 5.05. The van der Waals surface area contributed by atoms with E-state index in [-0.39, 0.29) is 6.04 Å². The van der Waals surface area contributed by atoms with Gasteiger partial charge in [0.1, 0.15) is 0 Å². The Hall–Kier alpha value is -2.33. The number of hydrogen-bond donors (Lipinski definition) is 2. The van der Waals surface area contributed by atoms with Crippen LogP contribution in [0.2, 0.25) is 0 Å². The van der Waals surface area contributed by atoms with Gasteiger partial charge in [0, 0.05) is 0 Å². The summed E-state index contributed by atoms with van der Waals surface area (Å²) in [6.07, 6.45) is -0.497. The van der Waals surface area contributed by atoms with Gasteiger partial charge in [-0.25, -0.2) is 4.79 Å². The van der Waals surface area contributed by atoms with E-state index in [1.165, 1.54) is 7.11 Å². The minimum Gasteiger partial charge on any atom is -0.453 e. The van der Waals surface area contributed by atoms with Crippen molar-refractivity contribution < 1.29 is 9.53 Å². The van der Waals surface area contributed by atoms with Crippen molar-refractivity contribution in [3.8, 4) is 0 Å². The number of ether oxygens (including phenoxy) is 1. The second-order valence-electron chi connectivity index (χ2n) is 5.05. The molecule has 2 aromatic rings. The van der Waals surface area contributed by atoms with Gasteiger partial charge in [0.05, 0.1) is 18.8 Å². The van der Waals surface area contributed by atoms with Gasteiger partial charge >= 0.3 is 6.09 Å². The normalized spacial score (nSPS) is 11.8. The van der Waals surface area contributed by atoms with E-state index in [0.717, 1.165) is 22.3 Å². The molecule has 0 radical (unpaired) electrons. The molecule has 1 unspecified atom stereocenters. The fraction of sp³-hybridized carbons (Fsp3) is 0.235. The van der Waals surface area contributed by atoms with Crippen LogP contribution in [0.15, 0.2) is 42.5 Å². The minimum absolute atomic E-state index is 0.308. The van der Waals surface area contributed by atoms with Crippen LogP contribution < -0.4 is 11.1 Å². The summed E-state index contributed by atoms with van der Waals surface area (Å²) in [6.45, 7) is 3.95. The summed E-state index contributed by atoms with van der Waals surface area (Å²) in [5, 5.41) is 2.77. The van der Waals surface area contributed by atoms with Gasteiger partial charge in [0.15, 0.2) is 0 Å². The molecule has 0 saturated carbocycles. The molecule has 1 atom stereocenters. The zero-order chi connectivity index (χ0) is 15.4. The number of anilines is 1. The fourth-order valence-corrected chi connectivity index (χ4v) is 2.41. The van der Waals surface area contributed by atoms with Crippen LogP contribution in [0.3, 0.4) is 0 Å². The fourth-order valence-electron chi connectivity index (χ4n) is 2.41. The van der Waals surface area contributed by atoms with Crippen LogP contribution in [-0.4, -0.2) is 13.2 Å². The van der Waals surface area contributed by atoms with E-state index in [1.807, 2.05) is 56.3 Å². The quantitative estimate of drug-likeness (QED) is 0.906. The summed E-state index contributed by atoms with van der Waals surface area (Å²) in [7, 11) is 1.34. The first-order valence-electron chi connectivity index (χ1n) is 6.79. The van der Waals surface area contributed by atoms with Crippen molar-refractivity contribution in [3.05, 3.63) is 64.7 Å². The summed E-state index contributed by atoms with van der Waals surface area (Å²) in [5.41, 5.74) is 11.0. The molecule has 2 aromatic carbocycles. The smallest absolute Gasteiger partial charge is 0.411 e. The zero-order valence-electron chi connectivity index (χ0n) is 12.5. The lowest BCUT2D eigenvalue weighted by Gasteiger charge is -2.20. The van der Waals surface area contributed by atoms with Gasteiger partial charge in [-0.2, -0.15) is 0 Å². The van der Waals surface area contributed by atoms with Crippen LogP contribution in [0.4, 0.5) is 10.5 Å². The maximum atomic E-state index is 11.6. The highest BCUT2D eigenvalue weighted by Gasteiger charge is 2.17. The Kier molecular flexibility index (Phi) is 4.60. The third kappa shape index (κ3) is 3.41. The molecule has 4 nitrogen and oxygen atoms in total. The highest BCUT2D eigenvalue weighted by molar-refractivity contribution is 5.87. The molecule has 2 rings (SSSR count). The van der Waals surface area contributed by atoms with Crippen molar-refractivity contribution >= 4 is 11.8 Å². The number of methoxy groups -OCH3 is 1. The number of nitrogens with two attached hydrogens (primary N) is 1. The Labute approximate surface area is 124 Å². The number of amides is 1. The van der Waals surface area contributed by atoms with Crippen LogP contribution >= 0.6 is 0 Å². The van der Waals surface area contributed by atoms with Crippen LogP contribution in [0, 0.1) is 13.8 Å². The molecular weight excluding hydrogens is 264 g/mol. The maximum Gasteiger partial charge on any atom is 0.411 e. The highest BCUT2D eigenvalue weighted by Crippen LogP contribution is 2.30. The van der Waals surface area contributed by atoms with Gasteiger partial charge in [0.2, 0.25) is 0 Å². The number of carbonyl (C=O) groups excluding carboxylic acids is 1. The Morgan fingerprint density at radius 2 is 1.86 bits per heavy atom. The van der Waals surface area contributed by atoms with E-state index < -0.39 is 6.09 Å². The first-order chi connectivity index (χ1) is 10.0. The first kappa shape index (κ1) is 15.1. The Morgan fingerprint density at radius 1 is 1.19 bits per heavy atom. The maximum absolute atomic E-state index is 11.6. The van der Waals surface area contributed by atoms with E-state index in [9.17, 15) is 4.79 Å². The van der Waals surface area contributed by atoms with Crippen LogP contribution in [0.5, 0.6) is 0 Å². The third-order valence-electron chi connectivity index (χ3n) is 3.42. The Bertz CT molecular complexity index is 639. The lowest BCUT2D eigenvalue weighted by molar-refractivity contribution is 0.187. The van der Waals surface area contributed by atoms with Crippen molar-refractivity contribution in [2.24, 2.45) is 5.73 Å². The molecule has 110 valence electrons. The van der Waals surface area contributed by atoms with Crippen LogP contribution in [0.25, 0.3) is 0 Å². The van der Waals surface area contributed by atoms with E-state index in [2.05, 4.69) is 10.1 Å². The molecular formula is C17H20N2O2. The SMILES string of the molecule is COC(=O)Nc1c(C)cc(C)cc1C(N)c1ccccc1. The van der Waals surface area contributed by atoms with Gasteiger partial charge in [-0.1, -0.05) is 48.0 Å². The summed E-state index contributed by atoms with van der Waals surface area (Å²) in [4.78, 5) is 11.6. The van der Waals surface area contributed by atoms with Crippen LogP contribution in [0.1, 0.15) is 28.3 Å². The number of carbonyl (C=O) groups is 1.